The highest BCUT2D eigenvalue weighted by Gasteiger charge is 2.24. The molecule has 132 valence electrons. The standard InChI is InChI=1S/C20H21N5O/c26-20(17-6-8-19(9-7-17)25-14-21-22-15-25)23-18-10-11-24(13-18)12-16-4-2-1-3-5-16/h1-9,14-15,18H,10-13H2,(H,23,26). The Morgan fingerprint density at radius 3 is 2.50 bits per heavy atom. The summed E-state index contributed by atoms with van der Waals surface area (Å²) in [5.74, 6) is -0.0214. The van der Waals surface area contributed by atoms with Crippen LogP contribution < -0.4 is 5.32 Å². The van der Waals surface area contributed by atoms with E-state index in [0.717, 1.165) is 31.7 Å². The summed E-state index contributed by atoms with van der Waals surface area (Å²) in [5.41, 5.74) is 2.91. The number of likely N-dealkylation sites (tertiary alicyclic amines) is 1. The van der Waals surface area contributed by atoms with E-state index < -0.39 is 0 Å². The summed E-state index contributed by atoms with van der Waals surface area (Å²) in [7, 11) is 0. The van der Waals surface area contributed by atoms with Gasteiger partial charge in [0.2, 0.25) is 0 Å². The first kappa shape index (κ1) is 16.5. The van der Waals surface area contributed by atoms with Gasteiger partial charge < -0.3 is 5.32 Å². The van der Waals surface area contributed by atoms with Crippen molar-refractivity contribution in [2.75, 3.05) is 13.1 Å². The molecule has 6 heteroatoms. The molecule has 26 heavy (non-hydrogen) atoms. The topological polar surface area (TPSA) is 63.1 Å². The van der Waals surface area contributed by atoms with Crippen molar-refractivity contribution in [3.05, 3.63) is 78.4 Å². The van der Waals surface area contributed by atoms with Crippen LogP contribution in [0.1, 0.15) is 22.3 Å². The van der Waals surface area contributed by atoms with Crippen LogP contribution in [-0.4, -0.2) is 44.7 Å². The van der Waals surface area contributed by atoms with Gasteiger partial charge in [-0.05, 0) is 36.2 Å². The lowest BCUT2D eigenvalue weighted by Gasteiger charge is -2.17. The normalized spacial score (nSPS) is 17.3. The van der Waals surface area contributed by atoms with E-state index in [0.29, 0.717) is 5.56 Å². The predicted octanol–water partition coefficient (Wildman–Crippen LogP) is 2.27. The fourth-order valence-corrected chi connectivity index (χ4v) is 3.32. The summed E-state index contributed by atoms with van der Waals surface area (Å²) < 4.78 is 1.81. The molecule has 1 aliphatic heterocycles. The molecule has 2 aromatic carbocycles. The molecule has 0 spiro atoms. The number of hydrogen-bond acceptors (Lipinski definition) is 4. The lowest BCUT2D eigenvalue weighted by molar-refractivity contribution is 0.0937. The quantitative estimate of drug-likeness (QED) is 0.769. The highest BCUT2D eigenvalue weighted by atomic mass is 16.1. The van der Waals surface area contributed by atoms with Gasteiger partial charge in [-0.25, -0.2) is 0 Å². The summed E-state index contributed by atoms with van der Waals surface area (Å²) in [4.78, 5) is 14.9. The van der Waals surface area contributed by atoms with Gasteiger partial charge in [-0.3, -0.25) is 14.3 Å². The van der Waals surface area contributed by atoms with Gasteiger partial charge in [0.15, 0.2) is 0 Å². The fraction of sp³-hybridized carbons (Fsp3) is 0.250. The van der Waals surface area contributed by atoms with Gasteiger partial charge in [-0.1, -0.05) is 30.3 Å². The molecule has 6 nitrogen and oxygen atoms in total. The largest absolute Gasteiger partial charge is 0.348 e. The highest BCUT2D eigenvalue weighted by molar-refractivity contribution is 5.94. The Morgan fingerprint density at radius 2 is 1.77 bits per heavy atom. The average molecular weight is 347 g/mol. The van der Waals surface area contributed by atoms with E-state index in [4.69, 9.17) is 0 Å². The molecule has 0 saturated carbocycles. The molecule has 1 aromatic heterocycles. The van der Waals surface area contributed by atoms with Crippen LogP contribution in [0.4, 0.5) is 0 Å². The van der Waals surface area contributed by atoms with E-state index in [1.54, 1.807) is 17.2 Å². The van der Waals surface area contributed by atoms with E-state index in [2.05, 4.69) is 44.7 Å². The molecule has 0 aliphatic carbocycles. The van der Waals surface area contributed by atoms with Crippen LogP contribution >= 0.6 is 0 Å². The predicted molar refractivity (Wildman–Crippen MR) is 98.9 cm³/mol. The second kappa shape index (κ2) is 7.49. The molecule has 3 aromatic rings. The Morgan fingerprint density at radius 1 is 1.04 bits per heavy atom. The Balaban J connectivity index is 1.32. The minimum Gasteiger partial charge on any atom is -0.348 e. The summed E-state index contributed by atoms with van der Waals surface area (Å²) >= 11 is 0. The van der Waals surface area contributed by atoms with Crippen molar-refractivity contribution in [2.45, 2.75) is 19.0 Å². The zero-order chi connectivity index (χ0) is 17.8. The number of nitrogens with zero attached hydrogens (tertiary/aromatic N) is 4. The molecule has 1 saturated heterocycles. The fourth-order valence-electron chi connectivity index (χ4n) is 3.32. The number of amides is 1. The minimum absolute atomic E-state index is 0.0214. The van der Waals surface area contributed by atoms with Crippen molar-refractivity contribution in [3.63, 3.8) is 0 Å². The third-order valence-corrected chi connectivity index (χ3v) is 4.70. The first-order valence-electron chi connectivity index (χ1n) is 8.80. The van der Waals surface area contributed by atoms with Crippen molar-refractivity contribution in [1.82, 2.24) is 25.0 Å². The molecule has 4 rings (SSSR count). The number of benzene rings is 2. The zero-order valence-corrected chi connectivity index (χ0v) is 14.5. The molecule has 1 amide bonds. The average Bonchev–Trinajstić information content (AvgIpc) is 3.35. The molecule has 1 atom stereocenters. The van der Waals surface area contributed by atoms with Crippen LogP contribution in [0.25, 0.3) is 5.69 Å². The van der Waals surface area contributed by atoms with Crippen molar-refractivity contribution in [3.8, 4) is 5.69 Å². The molecule has 0 bridgehead atoms. The maximum absolute atomic E-state index is 12.5. The number of carbonyl (C=O) groups is 1. The van der Waals surface area contributed by atoms with Crippen molar-refractivity contribution in [2.24, 2.45) is 0 Å². The summed E-state index contributed by atoms with van der Waals surface area (Å²) in [6.07, 6.45) is 4.25. The Labute approximate surface area is 152 Å². The number of carbonyl (C=O) groups excluding carboxylic acids is 1. The number of nitrogens with one attached hydrogen (secondary N) is 1. The van der Waals surface area contributed by atoms with Gasteiger partial charge in [-0.15, -0.1) is 10.2 Å². The van der Waals surface area contributed by atoms with Crippen molar-refractivity contribution < 1.29 is 4.79 Å². The van der Waals surface area contributed by atoms with E-state index in [-0.39, 0.29) is 11.9 Å². The smallest absolute Gasteiger partial charge is 0.251 e. The second-order valence-corrected chi connectivity index (χ2v) is 6.60. The Bertz CT molecular complexity index is 846. The van der Waals surface area contributed by atoms with Crippen LogP contribution in [0, 0.1) is 0 Å². The van der Waals surface area contributed by atoms with E-state index in [1.807, 2.05) is 30.3 Å². The van der Waals surface area contributed by atoms with Gasteiger partial charge in [0.25, 0.3) is 5.91 Å². The maximum Gasteiger partial charge on any atom is 0.251 e. The minimum atomic E-state index is -0.0214. The van der Waals surface area contributed by atoms with Gasteiger partial charge >= 0.3 is 0 Å². The molecule has 1 unspecified atom stereocenters. The van der Waals surface area contributed by atoms with E-state index in [1.165, 1.54) is 5.56 Å². The van der Waals surface area contributed by atoms with Gasteiger partial charge in [-0.2, -0.15) is 0 Å². The van der Waals surface area contributed by atoms with E-state index >= 15 is 0 Å². The van der Waals surface area contributed by atoms with E-state index in [9.17, 15) is 4.79 Å². The third-order valence-electron chi connectivity index (χ3n) is 4.70. The lowest BCUT2D eigenvalue weighted by Crippen LogP contribution is -2.36. The second-order valence-electron chi connectivity index (χ2n) is 6.60. The van der Waals surface area contributed by atoms with Crippen LogP contribution in [0.3, 0.4) is 0 Å². The van der Waals surface area contributed by atoms with Crippen LogP contribution in [0.15, 0.2) is 67.3 Å². The molecule has 1 aliphatic rings. The first-order chi connectivity index (χ1) is 12.8. The van der Waals surface area contributed by atoms with Crippen LogP contribution in [0.2, 0.25) is 0 Å². The molecule has 0 radical (unpaired) electrons. The van der Waals surface area contributed by atoms with Gasteiger partial charge in [0.1, 0.15) is 12.7 Å². The van der Waals surface area contributed by atoms with Gasteiger partial charge in [0.05, 0.1) is 0 Å². The molecular formula is C20H21N5O. The van der Waals surface area contributed by atoms with Crippen LogP contribution in [0.5, 0.6) is 0 Å². The number of aromatic nitrogens is 3. The molecule has 2 heterocycles. The molecular weight excluding hydrogens is 326 g/mol. The third kappa shape index (κ3) is 3.81. The molecule has 1 fully saturated rings. The van der Waals surface area contributed by atoms with Crippen molar-refractivity contribution >= 4 is 5.91 Å². The number of rotatable bonds is 5. The lowest BCUT2D eigenvalue weighted by atomic mass is 10.1. The summed E-state index contributed by atoms with van der Waals surface area (Å²) in [6.45, 7) is 2.83. The molecule has 1 N–H and O–H groups in total. The Kier molecular flexibility index (Phi) is 4.75. The van der Waals surface area contributed by atoms with Crippen molar-refractivity contribution in [1.29, 1.82) is 0 Å². The highest BCUT2D eigenvalue weighted by Crippen LogP contribution is 2.15. The summed E-state index contributed by atoms with van der Waals surface area (Å²) in [5, 5.41) is 10.7. The van der Waals surface area contributed by atoms with Gasteiger partial charge in [0, 0.05) is 36.9 Å². The SMILES string of the molecule is O=C(NC1CCN(Cc2ccccc2)C1)c1ccc(-n2cnnc2)cc1. The Hall–Kier alpha value is -2.99. The summed E-state index contributed by atoms with van der Waals surface area (Å²) in [6, 6.07) is 18.1. The zero-order valence-electron chi connectivity index (χ0n) is 14.5. The monoisotopic (exact) mass is 347 g/mol. The first-order valence-corrected chi connectivity index (χ1v) is 8.80. The van der Waals surface area contributed by atoms with Crippen LogP contribution in [-0.2, 0) is 6.54 Å². The number of hydrogen-bond donors (Lipinski definition) is 1. The maximum atomic E-state index is 12.5.